The third-order valence-corrected chi connectivity index (χ3v) is 4.96. The maximum absolute atomic E-state index is 5.90. The summed E-state index contributed by atoms with van der Waals surface area (Å²) in [4.78, 5) is 10.4. The summed E-state index contributed by atoms with van der Waals surface area (Å²) >= 11 is 5.90. The van der Waals surface area contributed by atoms with Crippen molar-refractivity contribution in [2.75, 3.05) is 30.3 Å². The van der Waals surface area contributed by atoms with Crippen LogP contribution in [0.4, 0.5) is 11.6 Å². The van der Waals surface area contributed by atoms with Crippen LogP contribution in [-0.4, -0.2) is 29.7 Å². The quantitative estimate of drug-likeness (QED) is 0.691. The second-order valence-electron chi connectivity index (χ2n) is 6.53. The second kappa shape index (κ2) is 6.84. The third kappa shape index (κ3) is 3.66. The van der Waals surface area contributed by atoms with Gasteiger partial charge in [-0.25, -0.2) is 4.98 Å². The van der Waals surface area contributed by atoms with Crippen molar-refractivity contribution in [1.29, 1.82) is 0 Å². The van der Waals surface area contributed by atoms with E-state index in [-0.39, 0.29) is 0 Å². The number of H-pyrrole nitrogens is 1. The highest BCUT2D eigenvalue weighted by molar-refractivity contribution is 6.30. The summed E-state index contributed by atoms with van der Waals surface area (Å²) in [7, 11) is 0. The van der Waals surface area contributed by atoms with Crippen molar-refractivity contribution in [3.8, 4) is 5.75 Å². The Kier molecular flexibility index (Phi) is 4.40. The fourth-order valence-electron chi connectivity index (χ4n) is 3.22. The molecule has 4 rings (SSSR count). The Morgan fingerprint density at radius 1 is 1.16 bits per heavy atom. The standard InChI is InChI=1S/C19H21ClN4O/c20-14-1-4-16(5-2-14)25-12-13-7-9-24(10-8-13)19-22-17-6-3-15(21)11-18(17)23-19/h1-6,11,13H,7-10,12,21H2,(H,22,23). The molecule has 0 saturated carbocycles. The molecule has 0 amide bonds. The lowest BCUT2D eigenvalue weighted by Crippen LogP contribution is -2.36. The molecular formula is C19H21ClN4O. The Balaban J connectivity index is 1.33. The number of piperidine rings is 1. The minimum atomic E-state index is 0.562. The van der Waals surface area contributed by atoms with Gasteiger partial charge in [-0.2, -0.15) is 0 Å². The smallest absolute Gasteiger partial charge is 0.203 e. The molecule has 2 aromatic carbocycles. The van der Waals surface area contributed by atoms with Crippen molar-refractivity contribution < 1.29 is 4.74 Å². The van der Waals surface area contributed by atoms with E-state index in [1.54, 1.807) is 0 Å². The molecule has 0 atom stereocenters. The number of hydrogen-bond acceptors (Lipinski definition) is 4. The zero-order valence-corrected chi connectivity index (χ0v) is 14.7. The number of nitrogens with two attached hydrogens (primary N) is 1. The molecule has 0 aliphatic carbocycles. The number of nitrogens with one attached hydrogen (secondary N) is 1. The summed E-state index contributed by atoms with van der Waals surface area (Å²) < 4.78 is 5.89. The minimum absolute atomic E-state index is 0.562. The first-order valence-electron chi connectivity index (χ1n) is 8.56. The first kappa shape index (κ1) is 16.1. The summed E-state index contributed by atoms with van der Waals surface area (Å²) in [5, 5.41) is 0.730. The van der Waals surface area contributed by atoms with E-state index >= 15 is 0 Å². The van der Waals surface area contributed by atoms with Crippen LogP contribution < -0.4 is 15.4 Å². The van der Waals surface area contributed by atoms with E-state index in [4.69, 9.17) is 22.1 Å². The molecule has 6 heteroatoms. The van der Waals surface area contributed by atoms with Crippen LogP contribution in [0.15, 0.2) is 42.5 Å². The number of aromatic nitrogens is 2. The number of anilines is 2. The van der Waals surface area contributed by atoms with Crippen LogP contribution in [0.5, 0.6) is 5.75 Å². The summed E-state index contributed by atoms with van der Waals surface area (Å²) in [5.41, 5.74) is 8.53. The molecule has 0 unspecified atom stereocenters. The van der Waals surface area contributed by atoms with Crippen LogP contribution in [0.3, 0.4) is 0 Å². The molecule has 2 heterocycles. The van der Waals surface area contributed by atoms with E-state index in [2.05, 4.69) is 14.9 Å². The molecule has 3 aromatic rings. The molecule has 1 aliphatic heterocycles. The van der Waals surface area contributed by atoms with Gasteiger partial charge in [-0.3, -0.25) is 0 Å². The normalized spacial score (nSPS) is 15.6. The van der Waals surface area contributed by atoms with Crippen molar-refractivity contribution in [3.63, 3.8) is 0 Å². The van der Waals surface area contributed by atoms with Gasteiger partial charge in [0.2, 0.25) is 5.95 Å². The molecule has 0 spiro atoms. The Bertz CT molecular complexity index is 853. The number of nitrogens with zero attached hydrogens (tertiary/aromatic N) is 2. The second-order valence-corrected chi connectivity index (χ2v) is 6.97. The van der Waals surface area contributed by atoms with Gasteiger partial charge < -0.3 is 20.4 Å². The lowest BCUT2D eigenvalue weighted by molar-refractivity contribution is 0.222. The van der Waals surface area contributed by atoms with Gasteiger partial charge in [-0.15, -0.1) is 0 Å². The van der Waals surface area contributed by atoms with Crippen LogP contribution in [0.1, 0.15) is 12.8 Å². The van der Waals surface area contributed by atoms with Gasteiger partial charge in [0, 0.05) is 23.8 Å². The average Bonchev–Trinajstić information content (AvgIpc) is 3.05. The first-order valence-corrected chi connectivity index (χ1v) is 8.94. The van der Waals surface area contributed by atoms with Crippen molar-refractivity contribution in [1.82, 2.24) is 9.97 Å². The van der Waals surface area contributed by atoms with Gasteiger partial charge in [0.05, 0.1) is 17.6 Å². The molecule has 25 heavy (non-hydrogen) atoms. The van der Waals surface area contributed by atoms with Crippen LogP contribution in [0, 0.1) is 5.92 Å². The van der Waals surface area contributed by atoms with Gasteiger partial charge in [-0.05, 0) is 61.2 Å². The highest BCUT2D eigenvalue weighted by atomic mass is 35.5. The van der Waals surface area contributed by atoms with Gasteiger partial charge in [-0.1, -0.05) is 11.6 Å². The van der Waals surface area contributed by atoms with Crippen LogP contribution in [-0.2, 0) is 0 Å². The fraction of sp³-hybridized carbons (Fsp3) is 0.316. The molecule has 1 aromatic heterocycles. The lowest BCUT2D eigenvalue weighted by Gasteiger charge is -2.31. The number of nitrogen functional groups attached to an aromatic ring is 1. The van der Waals surface area contributed by atoms with E-state index in [0.717, 1.165) is 66.0 Å². The van der Waals surface area contributed by atoms with Gasteiger partial charge in [0.1, 0.15) is 5.75 Å². The number of benzene rings is 2. The van der Waals surface area contributed by atoms with Crippen LogP contribution in [0.25, 0.3) is 11.0 Å². The molecule has 1 aliphatic rings. The third-order valence-electron chi connectivity index (χ3n) is 4.71. The molecule has 0 radical (unpaired) electrons. The SMILES string of the molecule is Nc1ccc2nc(N3CCC(COc4ccc(Cl)cc4)CC3)[nH]c2c1. The average molecular weight is 357 g/mol. The largest absolute Gasteiger partial charge is 0.493 e. The number of aromatic amines is 1. The highest BCUT2D eigenvalue weighted by Gasteiger charge is 2.22. The fourth-order valence-corrected chi connectivity index (χ4v) is 3.35. The molecule has 130 valence electrons. The molecule has 1 fully saturated rings. The number of imidazole rings is 1. The van der Waals surface area contributed by atoms with Crippen molar-refractivity contribution in [2.45, 2.75) is 12.8 Å². The van der Waals surface area contributed by atoms with Gasteiger partial charge in [0.15, 0.2) is 0 Å². The molecular weight excluding hydrogens is 336 g/mol. The maximum atomic E-state index is 5.90. The Morgan fingerprint density at radius 2 is 1.92 bits per heavy atom. The maximum Gasteiger partial charge on any atom is 0.203 e. The molecule has 0 bridgehead atoms. The molecule has 3 N–H and O–H groups in total. The number of halogens is 1. The van der Waals surface area contributed by atoms with Crippen molar-refractivity contribution in [2.24, 2.45) is 5.92 Å². The number of rotatable bonds is 4. The van der Waals surface area contributed by atoms with E-state index in [1.807, 2.05) is 42.5 Å². The topological polar surface area (TPSA) is 67.2 Å². The highest BCUT2D eigenvalue weighted by Crippen LogP contribution is 2.25. The predicted octanol–water partition coefficient (Wildman–Crippen LogP) is 4.09. The number of fused-ring (bicyclic) bond motifs is 1. The van der Waals surface area contributed by atoms with E-state index in [1.165, 1.54) is 0 Å². The molecule has 1 saturated heterocycles. The summed E-state index contributed by atoms with van der Waals surface area (Å²) in [6, 6.07) is 13.3. The summed E-state index contributed by atoms with van der Waals surface area (Å²) in [5.74, 6) is 2.37. The van der Waals surface area contributed by atoms with Gasteiger partial charge in [0.25, 0.3) is 0 Å². The Hall–Kier alpha value is -2.40. The van der Waals surface area contributed by atoms with E-state index < -0.39 is 0 Å². The summed E-state index contributed by atoms with van der Waals surface area (Å²) in [6.07, 6.45) is 2.18. The Labute approximate surface area is 151 Å². The zero-order valence-electron chi connectivity index (χ0n) is 13.9. The minimum Gasteiger partial charge on any atom is -0.493 e. The number of ether oxygens (including phenoxy) is 1. The molecule has 5 nitrogen and oxygen atoms in total. The van der Waals surface area contributed by atoms with Gasteiger partial charge >= 0.3 is 0 Å². The zero-order chi connectivity index (χ0) is 17.2. The lowest BCUT2D eigenvalue weighted by atomic mass is 9.98. The van der Waals surface area contributed by atoms with Crippen LogP contribution in [0.2, 0.25) is 5.02 Å². The summed E-state index contributed by atoms with van der Waals surface area (Å²) in [6.45, 7) is 2.69. The van der Waals surface area contributed by atoms with Crippen LogP contribution >= 0.6 is 11.6 Å². The van der Waals surface area contributed by atoms with E-state index in [9.17, 15) is 0 Å². The first-order chi connectivity index (χ1) is 12.2. The predicted molar refractivity (Wildman–Crippen MR) is 102 cm³/mol. The van der Waals surface area contributed by atoms with E-state index in [0.29, 0.717) is 5.92 Å². The number of hydrogen-bond donors (Lipinski definition) is 2. The monoisotopic (exact) mass is 356 g/mol. The van der Waals surface area contributed by atoms with Crippen molar-refractivity contribution >= 4 is 34.3 Å². The van der Waals surface area contributed by atoms with Crippen molar-refractivity contribution in [3.05, 3.63) is 47.5 Å². The Morgan fingerprint density at radius 3 is 2.68 bits per heavy atom.